The van der Waals surface area contributed by atoms with E-state index in [2.05, 4.69) is 39.3 Å². The first-order chi connectivity index (χ1) is 25.5. The number of pyridine rings is 1. The fraction of sp³-hybridized carbons (Fsp3) is 0.244. The molecule has 0 unspecified atom stereocenters. The number of rotatable bonds is 8. The number of phenols is 1. The highest BCUT2D eigenvalue weighted by Gasteiger charge is 2.33. The molecular formula is C45H45ClN2O5S. The highest BCUT2D eigenvalue weighted by Crippen LogP contribution is 2.48. The van der Waals surface area contributed by atoms with E-state index in [0.29, 0.717) is 49.6 Å². The first-order valence-electron chi connectivity index (χ1n) is 18.0. The third kappa shape index (κ3) is 7.59. The van der Waals surface area contributed by atoms with Crippen molar-refractivity contribution < 1.29 is 23.1 Å². The van der Waals surface area contributed by atoms with Crippen LogP contribution in [0.15, 0.2) is 108 Å². The van der Waals surface area contributed by atoms with Crippen LogP contribution in [0.2, 0.25) is 5.02 Å². The normalized spacial score (nSPS) is 12.5. The lowest BCUT2D eigenvalue weighted by Gasteiger charge is -2.33. The van der Waals surface area contributed by atoms with Gasteiger partial charge in [-0.1, -0.05) is 114 Å². The van der Waals surface area contributed by atoms with Crippen molar-refractivity contribution >= 4 is 44.0 Å². The molecule has 1 heterocycles. The third-order valence-corrected chi connectivity index (χ3v) is 11.0. The van der Waals surface area contributed by atoms with Crippen molar-refractivity contribution in [3.05, 3.63) is 130 Å². The molecule has 0 amide bonds. The van der Waals surface area contributed by atoms with Crippen molar-refractivity contribution in [3.63, 3.8) is 0 Å². The Labute approximate surface area is 323 Å². The Morgan fingerprint density at radius 3 is 2.09 bits per heavy atom. The summed E-state index contributed by atoms with van der Waals surface area (Å²) in [6.45, 7) is 17.0. The second-order valence-electron chi connectivity index (χ2n) is 15.3. The van der Waals surface area contributed by atoms with Crippen molar-refractivity contribution in [2.45, 2.75) is 72.1 Å². The van der Waals surface area contributed by atoms with Gasteiger partial charge in [-0.3, -0.25) is 9.52 Å². The van der Waals surface area contributed by atoms with Crippen LogP contribution in [0.5, 0.6) is 17.2 Å². The number of phenolic OH excluding ortho intramolecular Hbond substituents is 1. The monoisotopic (exact) mass is 760 g/mol. The number of aromatic nitrogens is 1. The number of anilines is 1. The number of ketones is 1. The van der Waals surface area contributed by atoms with Crippen molar-refractivity contribution in [3.8, 4) is 39.6 Å². The number of aromatic hydroxyl groups is 1. The first-order valence-corrected chi connectivity index (χ1v) is 19.9. The van der Waals surface area contributed by atoms with Crippen molar-refractivity contribution in [2.75, 3.05) is 4.72 Å². The van der Waals surface area contributed by atoms with Gasteiger partial charge in [0, 0.05) is 27.6 Å². The van der Waals surface area contributed by atoms with E-state index in [9.17, 15) is 18.3 Å². The number of sulfonamides is 1. The summed E-state index contributed by atoms with van der Waals surface area (Å²) in [5, 5.41) is 11.8. The zero-order valence-electron chi connectivity index (χ0n) is 31.8. The summed E-state index contributed by atoms with van der Waals surface area (Å²) in [4.78, 5) is 19.4. The summed E-state index contributed by atoms with van der Waals surface area (Å²) in [7, 11) is -4.14. The molecule has 2 N–H and O–H groups in total. The van der Waals surface area contributed by atoms with Crippen molar-refractivity contribution in [1.29, 1.82) is 0 Å². The van der Waals surface area contributed by atoms with Gasteiger partial charge in [-0.2, -0.15) is 0 Å². The second-order valence-corrected chi connectivity index (χ2v) is 17.4. The van der Waals surface area contributed by atoms with E-state index < -0.39 is 10.0 Å². The van der Waals surface area contributed by atoms with Crippen LogP contribution in [0.25, 0.3) is 33.3 Å². The smallest absolute Gasteiger partial charge is 0.261 e. The molecule has 7 rings (SSSR count). The highest BCUT2D eigenvalue weighted by atomic mass is 35.5. The molecule has 0 aliphatic heterocycles. The number of halogens is 1. The van der Waals surface area contributed by atoms with Crippen LogP contribution in [0.1, 0.15) is 81.9 Å². The summed E-state index contributed by atoms with van der Waals surface area (Å²) in [5.74, 6) is 0.341. The molecule has 0 saturated carbocycles. The van der Waals surface area contributed by atoms with Crippen LogP contribution >= 0.6 is 11.6 Å². The number of fused-ring (bicyclic) bond motifs is 2. The Hall–Kier alpha value is -5.18. The molecule has 0 fully saturated rings. The van der Waals surface area contributed by atoms with Crippen LogP contribution in [-0.2, 0) is 15.4 Å². The summed E-state index contributed by atoms with van der Waals surface area (Å²) in [6, 6.07) is 29.5. The van der Waals surface area contributed by atoms with E-state index in [4.69, 9.17) is 21.3 Å². The van der Waals surface area contributed by atoms with Crippen LogP contribution in [-0.4, -0.2) is 24.3 Å². The summed E-state index contributed by atoms with van der Waals surface area (Å²) in [5.41, 5.74) is 5.09. The van der Waals surface area contributed by atoms with Crippen LogP contribution in [0.4, 0.5) is 5.69 Å². The zero-order chi connectivity index (χ0) is 39.2. The van der Waals surface area contributed by atoms with Gasteiger partial charge in [0.2, 0.25) is 0 Å². The highest BCUT2D eigenvalue weighted by molar-refractivity contribution is 7.92. The maximum atomic E-state index is 14.4. The predicted octanol–water partition coefficient (Wildman–Crippen LogP) is 12.1. The molecule has 278 valence electrons. The Morgan fingerprint density at radius 1 is 0.796 bits per heavy atom. The minimum atomic E-state index is -4.14. The van der Waals surface area contributed by atoms with E-state index >= 15 is 0 Å². The first kappa shape index (κ1) is 38.5. The Kier molecular flexibility index (Phi) is 10.4. The zero-order valence-corrected chi connectivity index (χ0v) is 33.4. The molecule has 5 aromatic carbocycles. The SMILES string of the molecule is CC.Cc1ccc(S(=O)(=O)Nc2cc(Oc3ccc(C(C)(C)CC(C)(C)C)cc3)c3nc(-c4cc(Cl)ccc4O)cc4c3c2C(=O)c2ccccc2-4)cc1. The minimum absolute atomic E-state index is 0.0257. The number of ether oxygens (including phenoxy) is 1. The molecule has 6 aromatic rings. The summed E-state index contributed by atoms with van der Waals surface area (Å²) >= 11 is 6.38. The fourth-order valence-electron chi connectivity index (χ4n) is 7.34. The Balaban J connectivity index is 0.00000245. The van der Waals surface area contributed by atoms with Gasteiger partial charge in [-0.25, -0.2) is 13.4 Å². The Bertz CT molecular complexity index is 2500. The van der Waals surface area contributed by atoms with Gasteiger partial charge < -0.3 is 9.84 Å². The topological polar surface area (TPSA) is 106 Å². The summed E-state index contributed by atoms with van der Waals surface area (Å²) < 4.78 is 37.0. The number of nitrogens with one attached hydrogen (secondary N) is 1. The standard InChI is InChI=1S/C43H39ClN2O5S.C2H6/c1-25-11-18-29(19-12-25)52(49,50)46-35-23-37(51-28-16-13-26(14-17-28)43(5,6)24-42(2,3)4)40-38-32(30-9-7-8-10-31(30)41(48)39(35)38)22-34(45-40)33-21-27(44)15-20-36(33)47;1-2/h7-23,46-47H,24H2,1-6H3;1-2H3. The quantitative estimate of drug-likeness (QED) is 0.160. The lowest BCUT2D eigenvalue weighted by molar-refractivity contribution is 0.104. The van der Waals surface area contributed by atoms with E-state index in [1.165, 1.54) is 24.3 Å². The molecule has 0 saturated heterocycles. The van der Waals surface area contributed by atoms with E-state index in [1.54, 1.807) is 42.5 Å². The molecule has 0 atom stereocenters. The number of nitrogens with zero attached hydrogens (tertiary/aromatic N) is 1. The van der Waals surface area contributed by atoms with E-state index in [1.807, 2.05) is 57.2 Å². The molecule has 9 heteroatoms. The molecular weight excluding hydrogens is 716 g/mol. The molecule has 0 radical (unpaired) electrons. The Morgan fingerprint density at radius 2 is 1.44 bits per heavy atom. The number of aryl methyl sites for hydroxylation is 1. The maximum Gasteiger partial charge on any atom is 0.261 e. The predicted molar refractivity (Wildman–Crippen MR) is 220 cm³/mol. The van der Waals surface area contributed by atoms with Crippen LogP contribution in [0.3, 0.4) is 0 Å². The van der Waals surface area contributed by atoms with Gasteiger partial charge in [-0.15, -0.1) is 0 Å². The fourth-order valence-corrected chi connectivity index (χ4v) is 8.58. The molecule has 1 aromatic heterocycles. The van der Waals surface area contributed by atoms with Gasteiger partial charge in [0.15, 0.2) is 11.5 Å². The van der Waals surface area contributed by atoms with Gasteiger partial charge in [0.05, 0.1) is 21.8 Å². The molecule has 1 aliphatic rings. The maximum absolute atomic E-state index is 14.4. The van der Waals surface area contributed by atoms with Crippen molar-refractivity contribution in [1.82, 2.24) is 4.98 Å². The van der Waals surface area contributed by atoms with Crippen LogP contribution in [0, 0.1) is 12.3 Å². The third-order valence-electron chi connectivity index (χ3n) is 9.38. The van der Waals surface area contributed by atoms with Gasteiger partial charge in [-0.05, 0) is 89.4 Å². The number of benzene rings is 5. The largest absolute Gasteiger partial charge is 0.507 e. The van der Waals surface area contributed by atoms with Gasteiger partial charge >= 0.3 is 0 Å². The van der Waals surface area contributed by atoms with Crippen molar-refractivity contribution in [2.24, 2.45) is 5.41 Å². The molecule has 1 aliphatic carbocycles. The van der Waals surface area contributed by atoms with Gasteiger partial charge in [0.1, 0.15) is 17.0 Å². The second kappa shape index (κ2) is 14.6. The number of hydrogen-bond donors (Lipinski definition) is 2. The molecule has 54 heavy (non-hydrogen) atoms. The average molecular weight is 761 g/mol. The number of carbonyl (C=O) groups excluding carboxylic acids is 1. The van der Waals surface area contributed by atoms with E-state index in [0.717, 1.165) is 17.5 Å². The number of carbonyl (C=O) groups is 1. The molecule has 0 spiro atoms. The minimum Gasteiger partial charge on any atom is -0.507 e. The average Bonchev–Trinajstić information content (AvgIpc) is 3.12. The molecule has 0 bridgehead atoms. The summed E-state index contributed by atoms with van der Waals surface area (Å²) in [6.07, 6.45) is 0.970. The number of hydrogen-bond acceptors (Lipinski definition) is 6. The van der Waals surface area contributed by atoms with E-state index in [-0.39, 0.29) is 44.3 Å². The molecule has 7 nitrogen and oxygen atoms in total. The lowest BCUT2D eigenvalue weighted by atomic mass is 9.72. The van der Waals surface area contributed by atoms with Crippen LogP contribution < -0.4 is 9.46 Å². The van der Waals surface area contributed by atoms with Gasteiger partial charge in [0.25, 0.3) is 10.0 Å². The lowest BCUT2D eigenvalue weighted by Crippen LogP contribution is -2.24.